The minimum atomic E-state index is -0.458. The van der Waals surface area contributed by atoms with Gasteiger partial charge in [-0.1, -0.05) is 12.1 Å². The first-order chi connectivity index (χ1) is 8.11. The molecule has 1 atom stereocenters. The summed E-state index contributed by atoms with van der Waals surface area (Å²) in [6.45, 7) is 0. The van der Waals surface area contributed by atoms with E-state index in [9.17, 15) is 4.39 Å². The fourth-order valence-electron chi connectivity index (χ4n) is 1.69. The lowest BCUT2D eigenvalue weighted by atomic mass is 10.1. The third-order valence-corrected chi connectivity index (χ3v) is 2.59. The van der Waals surface area contributed by atoms with Crippen LogP contribution in [0.15, 0.2) is 30.3 Å². The van der Waals surface area contributed by atoms with Crippen LogP contribution in [0.25, 0.3) is 0 Å². The van der Waals surface area contributed by atoms with Crippen LogP contribution in [0.5, 0.6) is 5.88 Å². The molecule has 1 aromatic carbocycles. The summed E-state index contributed by atoms with van der Waals surface area (Å²) in [5.74, 6) is 0.313. The molecule has 5 heteroatoms. The molecule has 0 spiro atoms. The Labute approximate surface area is 98.8 Å². The number of hydrogen-bond donors (Lipinski definition) is 1. The van der Waals surface area contributed by atoms with E-state index in [1.807, 2.05) is 0 Å². The number of halogens is 1. The van der Waals surface area contributed by atoms with E-state index in [0.29, 0.717) is 17.1 Å². The third-order valence-electron chi connectivity index (χ3n) is 2.59. The van der Waals surface area contributed by atoms with Crippen LogP contribution in [0.3, 0.4) is 0 Å². The topological polar surface area (TPSA) is 53.1 Å². The van der Waals surface area contributed by atoms with Crippen molar-refractivity contribution in [3.05, 3.63) is 47.4 Å². The molecule has 0 aliphatic rings. The molecule has 2 aromatic rings. The van der Waals surface area contributed by atoms with Crippen LogP contribution in [-0.4, -0.2) is 16.9 Å². The molecule has 0 amide bonds. The smallest absolute Gasteiger partial charge is 0.211 e. The maximum Gasteiger partial charge on any atom is 0.211 e. The molecule has 0 bridgehead atoms. The van der Waals surface area contributed by atoms with Crippen LogP contribution in [0.4, 0.5) is 4.39 Å². The second-order valence-corrected chi connectivity index (χ2v) is 3.77. The number of hydrogen-bond acceptors (Lipinski definition) is 3. The lowest BCUT2D eigenvalue weighted by molar-refractivity contribution is 0.373. The summed E-state index contributed by atoms with van der Waals surface area (Å²) in [7, 11) is 3.33. The van der Waals surface area contributed by atoms with E-state index in [2.05, 4.69) is 5.10 Å². The fourth-order valence-corrected chi connectivity index (χ4v) is 1.69. The number of nitrogens with two attached hydrogens (primary N) is 1. The molecule has 90 valence electrons. The minimum absolute atomic E-state index is 0.305. The Morgan fingerprint density at radius 1 is 1.41 bits per heavy atom. The lowest BCUT2D eigenvalue weighted by Crippen LogP contribution is -2.13. The average Bonchev–Trinajstić information content (AvgIpc) is 2.69. The van der Waals surface area contributed by atoms with Gasteiger partial charge in [-0.25, -0.2) is 9.07 Å². The van der Waals surface area contributed by atoms with Crippen molar-refractivity contribution >= 4 is 0 Å². The van der Waals surface area contributed by atoms with Crippen molar-refractivity contribution in [2.45, 2.75) is 6.04 Å². The number of aromatic nitrogens is 2. The Morgan fingerprint density at radius 2 is 2.18 bits per heavy atom. The van der Waals surface area contributed by atoms with Crippen molar-refractivity contribution in [1.29, 1.82) is 0 Å². The Kier molecular flexibility index (Phi) is 3.10. The van der Waals surface area contributed by atoms with Gasteiger partial charge >= 0.3 is 0 Å². The zero-order chi connectivity index (χ0) is 12.4. The molecule has 2 N–H and O–H groups in total. The van der Waals surface area contributed by atoms with Crippen LogP contribution < -0.4 is 10.5 Å². The summed E-state index contributed by atoms with van der Waals surface area (Å²) in [6, 6.07) is 7.48. The monoisotopic (exact) mass is 235 g/mol. The van der Waals surface area contributed by atoms with E-state index in [-0.39, 0.29) is 5.82 Å². The van der Waals surface area contributed by atoms with Crippen molar-refractivity contribution in [3.8, 4) is 5.88 Å². The van der Waals surface area contributed by atoms with E-state index in [1.54, 1.807) is 37.0 Å². The molecule has 1 unspecified atom stereocenters. The number of rotatable bonds is 3. The van der Waals surface area contributed by atoms with Gasteiger partial charge in [0.25, 0.3) is 0 Å². The van der Waals surface area contributed by atoms with Crippen molar-refractivity contribution in [2.24, 2.45) is 12.8 Å². The van der Waals surface area contributed by atoms with Crippen LogP contribution >= 0.6 is 0 Å². The van der Waals surface area contributed by atoms with E-state index >= 15 is 0 Å². The zero-order valence-corrected chi connectivity index (χ0v) is 9.72. The van der Waals surface area contributed by atoms with Gasteiger partial charge < -0.3 is 10.5 Å². The number of aryl methyl sites for hydroxylation is 1. The molecular weight excluding hydrogens is 221 g/mol. The standard InChI is InChI=1S/C12H14FN3O/c1-16-11(17-2)7-10(15-16)12(14)8-4-3-5-9(13)6-8/h3-7,12H,14H2,1-2H3. The summed E-state index contributed by atoms with van der Waals surface area (Å²) in [4.78, 5) is 0. The van der Waals surface area contributed by atoms with Gasteiger partial charge in [0.1, 0.15) is 5.82 Å². The molecule has 0 fully saturated rings. The molecule has 0 radical (unpaired) electrons. The first-order valence-corrected chi connectivity index (χ1v) is 5.21. The second-order valence-electron chi connectivity index (χ2n) is 3.77. The molecule has 0 aliphatic heterocycles. The van der Waals surface area contributed by atoms with Gasteiger partial charge in [0, 0.05) is 13.1 Å². The number of benzene rings is 1. The molecule has 1 aromatic heterocycles. The first kappa shape index (κ1) is 11.6. The van der Waals surface area contributed by atoms with E-state index in [1.165, 1.54) is 12.1 Å². The number of ether oxygens (including phenoxy) is 1. The van der Waals surface area contributed by atoms with Crippen molar-refractivity contribution in [3.63, 3.8) is 0 Å². The quantitative estimate of drug-likeness (QED) is 0.879. The van der Waals surface area contributed by atoms with Gasteiger partial charge in [-0.2, -0.15) is 5.10 Å². The predicted octanol–water partition coefficient (Wildman–Crippen LogP) is 1.62. The molecule has 2 rings (SSSR count). The summed E-state index contributed by atoms with van der Waals surface area (Å²) >= 11 is 0. The SMILES string of the molecule is COc1cc(C(N)c2cccc(F)c2)nn1C. The minimum Gasteiger partial charge on any atom is -0.481 e. The van der Waals surface area contributed by atoms with E-state index in [4.69, 9.17) is 10.5 Å². The Bertz CT molecular complexity index is 524. The molecular formula is C12H14FN3O. The first-order valence-electron chi connectivity index (χ1n) is 5.21. The van der Waals surface area contributed by atoms with Crippen LogP contribution in [-0.2, 0) is 7.05 Å². The van der Waals surface area contributed by atoms with Crippen LogP contribution in [0.2, 0.25) is 0 Å². The zero-order valence-electron chi connectivity index (χ0n) is 9.72. The predicted molar refractivity (Wildman–Crippen MR) is 62.2 cm³/mol. The lowest BCUT2D eigenvalue weighted by Gasteiger charge is -2.08. The Balaban J connectivity index is 2.33. The highest BCUT2D eigenvalue weighted by atomic mass is 19.1. The number of nitrogens with zero attached hydrogens (tertiary/aromatic N) is 2. The van der Waals surface area contributed by atoms with Crippen LogP contribution in [0.1, 0.15) is 17.3 Å². The summed E-state index contributed by atoms with van der Waals surface area (Å²) in [5, 5.41) is 4.23. The molecule has 0 saturated carbocycles. The molecule has 0 aliphatic carbocycles. The Morgan fingerprint density at radius 3 is 2.76 bits per heavy atom. The van der Waals surface area contributed by atoms with E-state index < -0.39 is 6.04 Å². The van der Waals surface area contributed by atoms with Crippen molar-refractivity contribution in [1.82, 2.24) is 9.78 Å². The van der Waals surface area contributed by atoms with Gasteiger partial charge in [-0.15, -0.1) is 0 Å². The highest BCUT2D eigenvalue weighted by Crippen LogP contribution is 2.22. The molecule has 1 heterocycles. The summed E-state index contributed by atoms with van der Waals surface area (Å²) in [5.41, 5.74) is 7.36. The molecule has 17 heavy (non-hydrogen) atoms. The fraction of sp³-hybridized carbons (Fsp3) is 0.250. The normalized spacial score (nSPS) is 12.5. The average molecular weight is 235 g/mol. The maximum absolute atomic E-state index is 13.1. The van der Waals surface area contributed by atoms with Crippen molar-refractivity contribution in [2.75, 3.05) is 7.11 Å². The number of methoxy groups -OCH3 is 1. The molecule has 0 saturated heterocycles. The highest BCUT2D eigenvalue weighted by Gasteiger charge is 2.15. The maximum atomic E-state index is 13.1. The van der Waals surface area contributed by atoms with Gasteiger partial charge in [-0.3, -0.25) is 0 Å². The third kappa shape index (κ3) is 2.29. The largest absolute Gasteiger partial charge is 0.481 e. The summed E-state index contributed by atoms with van der Waals surface area (Å²) < 4.78 is 19.8. The van der Waals surface area contributed by atoms with Gasteiger partial charge in [0.15, 0.2) is 0 Å². The van der Waals surface area contributed by atoms with Gasteiger partial charge in [-0.05, 0) is 17.7 Å². The van der Waals surface area contributed by atoms with Crippen molar-refractivity contribution < 1.29 is 9.13 Å². The Hall–Kier alpha value is -1.88. The van der Waals surface area contributed by atoms with Gasteiger partial charge in [0.05, 0.1) is 18.8 Å². The molecule has 4 nitrogen and oxygen atoms in total. The van der Waals surface area contributed by atoms with E-state index in [0.717, 1.165) is 0 Å². The van der Waals surface area contributed by atoms with Crippen LogP contribution in [0, 0.1) is 5.82 Å². The van der Waals surface area contributed by atoms with Gasteiger partial charge in [0.2, 0.25) is 5.88 Å². The summed E-state index contributed by atoms with van der Waals surface area (Å²) in [6.07, 6.45) is 0. The highest BCUT2D eigenvalue weighted by molar-refractivity contribution is 5.30. The second kappa shape index (κ2) is 4.55.